The van der Waals surface area contributed by atoms with Gasteiger partial charge in [-0.2, -0.15) is 0 Å². The van der Waals surface area contributed by atoms with Gasteiger partial charge in [0.2, 0.25) is 0 Å². The second kappa shape index (κ2) is 14.0. The third-order valence-electron chi connectivity index (χ3n) is 0.835. The fraction of sp³-hybridized carbons (Fsp3) is 1.00. The van der Waals surface area contributed by atoms with Crippen LogP contribution in [0.1, 0.15) is 0 Å². The van der Waals surface area contributed by atoms with Crippen molar-refractivity contribution in [3.63, 3.8) is 0 Å². The maximum atomic E-state index is 9.81. The predicted molar refractivity (Wildman–Crippen MR) is 33.6 cm³/mol. The van der Waals surface area contributed by atoms with Crippen molar-refractivity contribution in [3.8, 4) is 0 Å². The Morgan fingerprint density at radius 1 is 1.00 bits per heavy atom. The van der Waals surface area contributed by atoms with E-state index in [4.69, 9.17) is 14.6 Å². The second-order valence-corrected chi connectivity index (χ2v) is 1.65. The summed E-state index contributed by atoms with van der Waals surface area (Å²) in [6, 6.07) is 0. The minimum absolute atomic E-state index is 0. The molecule has 0 aliphatic heterocycles. The summed E-state index contributed by atoms with van der Waals surface area (Å²) in [6.45, 7) is 1.27. The van der Waals surface area contributed by atoms with E-state index in [1.54, 1.807) is 0 Å². The zero-order chi connectivity index (χ0) is 7.66. The number of aliphatic hydroxyl groups excluding tert-OH is 1. The SMILES string of the molecule is [K+].[O-]CCOCCOCCO. The van der Waals surface area contributed by atoms with Crippen LogP contribution in [0.2, 0.25) is 0 Å². The van der Waals surface area contributed by atoms with Crippen LogP contribution < -0.4 is 56.5 Å². The van der Waals surface area contributed by atoms with Crippen molar-refractivity contribution in [1.82, 2.24) is 0 Å². The number of hydrogen-bond acceptors (Lipinski definition) is 4. The molecule has 0 atom stereocenters. The molecule has 4 nitrogen and oxygen atoms in total. The van der Waals surface area contributed by atoms with Crippen LogP contribution in [-0.2, 0) is 9.47 Å². The Hall–Kier alpha value is 1.48. The molecule has 1 N–H and O–H groups in total. The maximum absolute atomic E-state index is 9.81. The van der Waals surface area contributed by atoms with Crippen LogP contribution in [0, 0.1) is 0 Å². The molecule has 0 saturated heterocycles. The molecule has 0 aliphatic rings. The van der Waals surface area contributed by atoms with Crippen LogP contribution in [0.3, 0.4) is 0 Å². The smallest absolute Gasteiger partial charge is 0.853 e. The molecular formula is C6H13KO4. The molecule has 0 aromatic carbocycles. The van der Waals surface area contributed by atoms with Gasteiger partial charge >= 0.3 is 51.4 Å². The molecule has 0 aromatic heterocycles. The minimum Gasteiger partial charge on any atom is -0.853 e. The zero-order valence-electron chi connectivity index (χ0n) is 6.91. The quantitative estimate of drug-likeness (QED) is 0.322. The number of aliphatic hydroxyl groups is 1. The molecule has 0 radical (unpaired) electrons. The summed E-state index contributed by atoms with van der Waals surface area (Å²) in [5.41, 5.74) is 0. The third-order valence-corrected chi connectivity index (χ3v) is 0.835. The normalized spacial score (nSPS) is 9.27. The van der Waals surface area contributed by atoms with Crippen molar-refractivity contribution in [2.24, 2.45) is 0 Å². The molecule has 0 unspecified atom stereocenters. The van der Waals surface area contributed by atoms with Crippen molar-refractivity contribution < 1.29 is 71.1 Å². The van der Waals surface area contributed by atoms with Gasteiger partial charge in [-0.15, -0.1) is 6.61 Å². The van der Waals surface area contributed by atoms with E-state index in [1.165, 1.54) is 0 Å². The molecule has 0 aromatic rings. The summed E-state index contributed by atoms with van der Waals surface area (Å²) >= 11 is 0. The fourth-order valence-electron chi connectivity index (χ4n) is 0.445. The number of ether oxygens (including phenoxy) is 2. The summed E-state index contributed by atoms with van der Waals surface area (Å²) in [5.74, 6) is 0. The van der Waals surface area contributed by atoms with Crippen LogP contribution in [0.25, 0.3) is 0 Å². The van der Waals surface area contributed by atoms with E-state index in [0.717, 1.165) is 0 Å². The molecule has 0 rings (SSSR count). The summed E-state index contributed by atoms with van der Waals surface area (Å²) in [5, 5.41) is 18.1. The second-order valence-electron chi connectivity index (χ2n) is 1.65. The first-order valence-corrected chi connectivity index (χ1v) is 3.26. The fourth-order valence-corrected chi connectivity index (χ4v) is 0.445. The largest absolute Gasteiger partial charge is 1.00 e. The van der Waals surface area contributed by atoms with Gasteiger partial charge in [-0.1, -0.05) is 0 Å². The van der Waals surface area contributed by atoms with Gasteiger partial charge in [-0.3, -0.25) is 0 Å². The Labute approximate surface area is 109 Å². The van der Waals surface area contributed by atoms with Crippen LogP contribution in [0.4, 0.5) is 0 Å². The number of rotatable bonds is 7. The Bertz CT molecular complexity index is 54.5. The third kappa shape index (κ3) is 14.3. The molecular weight excluding hydrogens is 175 g/mol. The van der Waals surface area contributed by atoms with E-state index in [-0.39, 0.29) is 71.2 Å². The Morgan fingerprint density at radius 3 is 2.00 bits per heavy atom. The van der Waals surface area contributed by atoms with Crippen LogP contribution in [0.15, 0.2) is 0 Å². The molecule has 62 valence electrons. The molecule has 5 heteroatoms. The molecule has 0 saturated carbocycles. The predicted octanol–water partition coefficient (Wildman–Crippen LogP) is -4.62. The zero-order valence-corrected chi connectivity index (χ0v) is 10.0. The summed E-state index contributed by atoms with van der Waals surface area (Å²) in [4.78, 5) is 0. The van der Waals surface area contributed by atoms with Crippen molar-refractivity contribution in [2.45, 2.75) is 0 Å². The molecule has 0 aliphatic carbocycles. The Kier molecular flexibility index (Phi) is 19.1. The van der Waals surface area contributed by atoms with Crippen molar-refractivity contribution >= 4 is 0 Å². The minimum atomic E-state index is -0.208. The van der Waals surface area contributed by atoms with Gasteiger partial charge in [0.05, 0.1) is 26.4 Å². The topological polar surface area (TPSA) is 61.8 Å². The van der Waals surface area contributed by atoms with Gasteiger partial charge < -0.3 is 19.7 Å². The number of hydrogen-bond donors (Lipinski definition) is 1. The van der Waals surface area contributed by atoms with Gasteiger partial charge in [0.15, 0.2) is 0 Å². The first kappa shape index (κ1) is 15.0. The van der Waals surface area contributed by atoms with E-state index in [9.17, 15) is 5.11 Å². The van der Waals surface area contributed by atoms with E-state index in [1.807, 2.05) is 0 Å². The molecule has 0 heterocycles. The molecule has 0 fully saturated rings. The first-order valence-electron chi connectivity index (χ1n) is 3.26. The van der Waals surface area contributed by atoms with Gasteiger partial charge in [-0.25, -0.2) is 0 Å². The van der Waals surface area contributed by atoms with Gasteiger partial charge in [0.1, 0.15) is 0 Å². The maximum Gasteiger partial charge on any atom is 1.00 e. The van der Waals surface area contributed by atoms with Crippen LogP contribution in [-0.4, -0.2) is 44.7 Å². The van der Waals surface area contributed by atoms with E-state index < -0.39 is 0 Å². The standard InChI is InChI=1S/C6H13O4.K/c7-1-3-9-5-6-10-4-2-8;/h7H,1-6H2;/q-1;+1. The van der Waals surface area contributed by atoms with Gasteiger partial charge in [0.25, 0.3) is 0 Å². The summed E-state index contributed by atoms with van der Waals surface area (Å²) < 4.78 is 9.66. The molecule has 0 amide bonds. The van der Waals surface area contributed by atoms with Gasteiger partial charge in [-0.05, 0) is 0 Å². The first-order chi connectivity index (χ1) is 4.91. The molecule has 0 spiro atoms. The van der Waals surface area contributed by atoms with Crippen molar-refractivity contribution in [1.29, 1.82) is 0 Å². The van der Waals surface area contributed by atoms with Crippen LogP contribution >= 0.6 is 0 Å². The van der Waals surface area contributed by atoms with E-state index in [0.29, 0.717) is 19.8 Å². The van der Waals surface area contributed by atoms with E-state index >= 15 is 0 Å². The Morgan fingerprint density at radius 2 is 1.55 bits per heavy atom. The van der Waals surface area contributed by atoms with Crippen molar-refractivity contribution in [3.05, 3.63) is 0 Å². The molecule has 11 heavy (non-hydrogen) atoms. The van der Waals surface area contributed by atoms with E-state index in [2.05, 4.69) is 0 Å². The average Bonchev–Trinajstić information content (AvgIpc) is 1.97. The van der Waals surface area contributed by atoms with Gasteiger partial charge in [0, 0.05) is 6.61 Å². The average molecular weight is 188 g/mol. The van der Waals surface area contributed by atoms with Crippen LogP contribution in [0.5, 0.6) is 0 Å². The van der Waals surface area contributed by atoms with Crippen molar-refractivity contribution in [2.75, 3.05) is 39.6 Å². The Balaban J connectivity index is 0. The molecule has 0 bridgehead atoms. The summed E-state index contributed by atoms with van der Waals surface area (Å²) in [7, 11) is 0. The monoisotopic (exact) mass is 188 g/mol. The summed E-state index contributed by atoms with van der Waals surface area (Å²) in [6.07, 6.45) is 0.